The summed E-state index contributed by atoms with van der Waals surface area (Å²) >= 11 is 3.40. The molecule has 8 nitrogen and oxygen atoms in total. The quantitative estimate of drug-likeness (QED) is 0.0699. The molecule has 610 valence electrons. The minimum absolute atomic E-state index is 0.118. The molecule has 122 heavy (non-hydrogen) atoms. The fourth-order valence-electron chi connectivity index (χ4n) is 15.3. The van der Waals surface area contributed by atoms with Gasteiger partial charge in [0.25, 0.3) is 0 Å². The van der Waals surface area contributed by atoms with Gasteiger partial charge in [0.1, 0.15) is 35.3 Å². The average molecular weight is 1670 g/mol. The Morgan fingerprint density at radius 1 is 0.270 bits per heavy atom. The van der Waals surface area contributed by atoms with Gasteiger partial charge in [-0.25, -0.2) is 0 Å². The van der Waals surface area contributed by atoms with Gasteiger partial charge >= 0.3 is 7.12 Å². The molecule has 0 bridgehead atoms. The lowest BCUT2D eigenvalue weighted by Gasteiger charge is -2.32. The van der Waals surface area contributed by atoms with E-state index in [2.05, 4.69) is 403 Å². The van der Waals surface area contributed by atoms with E-state index in [-0.39, 0.29) is 32.9 Å². The summed E-state index contributed by atoms with van der Waals surface area (Å²) in [5, 5.41) is 1.97. The molecule has 0 amide bonds. The van der Waals surface area contributed by atoms with Gasteiger partial charge in [-0.3, -0.25) is 9.59 Å². The summed E-state index contributed by atoms with van der Waals surface area (Å²) in [5.74, 6) is 1.59. The van der Waals surface area contributed by atoms with Crippen LogP contribution in [-0.4, -0.2) is 30.9 Å². The van der Waals surface area contributed by atoms with E-state index in [1.54, 1.807) is 18.2 Å². The van der Waals surface area contributed by atoms with Crippen molar-refractivity contribution in [3.8, 4) is 78.3 Å². The van der Waals surface area contributed by atoms with Gasteiger partial charge in [-0.2, -0.15) is 0 Å². The maximum absolute atomic E-state index is 11.2. The van der Waals surface area contributed by atoms with Crippen LogP contribution in [0.5, 0.6) is 0 Å². The molecule has 0 atom stereocenters. The van der Waals surface area contributed by atoms with Gasteiger partial charge in [0, 0.05) is 71.6 Å². The molecule has 14 aromatic carbocycles. The number of nitrogens with zero attached hydrogens (tertiary/aromatic N) is 2. The minimum atomic E-state index is -0.398. The molecule has 0 spiro atoms. The fourth-order valence-corrected chi connectivity index (χ4v) is 15.6. The van der Waals surface area contributed by atoms with Gasteiger partial charge in [-0.1, -0.05) is 330 Å². The molecule has 10 heteroatoms. The molecular formula is C112H106BBrN2O6. The first-order valence-electron chi connectivity index (χ1n) is 42.1. The lowest BCUT2D eigenvalue weighted by atomic mass is 9.79. The first kappa shape index (κ1) is 84.6. The van der Waals surface area contributed by atoms with Crippen molar-refractivity contribution in [2.75, 3.05) is 9.80 Å². The van der Waals surface area contributed by atoms with Crippen molar-refractivity contribution in [2.45, 2.75) is 144 Å². The third-order valence-electron chi connectivity index (χ3n) is 23.6. The molecule has 1 saturated heterocycles. The summed E-state index contributed by atoms with van der Waals surface area (Å²) in [6.07, 6.45) is 1.66. The summed E-state index contributed by atoms with van der Waals surface area (Å²) in [7, 11) is -0.398. The highest BCUT2D eigenvalue weighted by atomic mass is 79.9. The zero-order valence-electron chi connectivity index (χ0n) is 72.8. The summed E-state index contributed by atoms with van der Waals surface area (Å²) in [5.41, 5.74) is 29.2. The Labute approximate surface area is 729 Å². The molecule has 1 aliphatic rings. The molecule has 0 N–H and O–H groups in total. The highest BCUT2D eigenvalue weighted by Crippen LogP contribution is 2.44. The second kappa shape index (κ2) is 34.6. The van der Waals surface area contributed by atoms with Crippen molar-refractivity contribution >= 4 is 97.1 Å². The average Bonchev–Trinajstić information content (AvgIpc) is 1.52. The summed E-state index contributed by atoms with van der Waals surface area (Å²) < 4.78 is 25.6. The van der Waals surface area contributed by atoms with Crippen molar-refractivity contribution in [1.29, 1.82) is 0 Å². The number of carbonyl (C=O) groups excluding carboxylic acids is 2. The molecule has 16 aromatic rings. The molecule has 0 aliphatic carbocycles. The van der Waals surface area contributed by atoms with Crippen molar-refractivity contribution in [2.24, 2.45) is 0 Å². The number of carbonyl (C=O) groups is 2. The van der Waals surface area contributed by atoms with Crippen molar-refractivity contribution in [3.63, 3.8) is 0 Å². The molecule has 1 aliphatic heterocycles. The standard InChI is InChI=1S/C53H47NO2.C44H50BNO2.C15H9BrO2/c1-52(2,3)45-23-13-38(14-24-45)41-19-29-48(30-20-41)54(49-31-21-42(22-32-49)39-15-25-46(26-16-39)53(4,5)6)47-27-17-40(18-28-47)37-9-11-43(12-10-37)51-34-44-8-7-36(35-55)33-50(44)56-51;1-41(2,3)35-19-11-31(12-20-35)33-15-25-38(26-16-33)46(40-29-23-37(24-30-40)45-47-43(7,8)44(9,10)48-45)39-27-17-34(18-28-39)32-13-21-36(22-14-32)42(4,5)6;16-13-5-3-11(4-6-13)15-8-12-2-1-10(9-17)7-14(12)18-15/h7-35H,1-6H3;11-30H,1-10H3;1-9H. The van der Waals surface area contributed by atoms with Crippen LogP contribution in [0.3, 0.4) is 0 Å². The van der Waals surface area contributed by atoms with Gasteiger partial charge in [-0.05, 0) is 242 Å². The van der Waals surface area contributed by atoms with Gasteiger partial charge in [0.15, 0.2) is 0 Å². The van der Waals surface area contributed by atoms with Crippen molar-refractivity contribution in [1.82, 2.24) is 0 Å². The predicted octanol–water partition coefficient (Wildman–Crippen LogP) is 31.0. The molecular weight excluding hydrogens is 1560 g/mol. The molecule has 1 fully saturated rings. The van der Waals surface area contributed by atoms with Gasteiger partial charge in [-0.15, -0.1) is 0 Å². The van der Waals surface area contributed by atoms with Crippen LogP contribution in [-0.2, 0) is 31.0 Å². The van der Waals surface area contributed by atoms with Crippen LogP contribution in [0.4, 0.5) is 34.1 Å². The van der Waals surface area contributed by atoms with Crippen LogP contribution in [0.1, 0.15) is 154 Å². The van der Waals surface area contributed by atoms with Crippen LogP contribution in [0, 0.1) is 0 Å². The maximum Gasteiger partial charge on any atom is 0.494 e. The smallest absolute Gasteiger partial charge is 0.456 e. The number of furan rings is 2. The van der Waals surface area contributed by atoms with Crippen LogP contribution in [0.15, 0.2) is 353 Å². The Morgan fingerprint density at radius 2 is 0.484 bits per heavy atom. The minimum Gasteiger partial charge on any atom is -0.456 e. The van der Waals surface area contributed by atoms with E-state index < -0.39 is 7.12 Å². The number of anilines is 6. The largest absolute Gasteiger partial charge is 0.494 e. The van der Waals surface area contributed by atoms with E-state index in [0.717, 1.165) is 107 Å². The lowest BCUT2D eigenvalue weighted by Crippen LogP contribution is -2.41. The van der Waals surface area contributed by atoms with E-state index in [9.17, 15) is 9.59 Å². The number of halogens is 1. The second-order valence-electron chi connectivity index (χ2n) is 37.0. The van der Waals surface area contributed by atoms with E-state index >= 15 is 0 Å². The van der Waals surface area contributed by atoms with E-state index in [0.29, 0.717) is 16.7 Å². The number of hydrogen-bond donors (Lipinski definition) is 0. The van der Waals surface area contributed by atoms with Crippen LogP contribution >= 0.6 is 15.9 Å². The number of hydrogen-bond acceptors (Lipinski definition) is 8. The lowest BCUT2D eigenvalue weighted by molar-refractivity contribution is 0.00578. The number of rotatable bonds is 16. The van der Waals surface area contributed by atoms with Crippen molar-refractivity contribution in [3.05, 3.63) is 378 Å². The maximum atomic E-state index is 11.2. The SMILES string of the molecule is CC(C)(C)c1ccc(-c2ccc(N(c3ccc(-c4ccc(-c5cc6ccc(C=O)cc6o5)cc4)cc3)c3ccc(-c4ccc(C(C)(C)C)cc4)cc3)cc2)cc1.CC(C)(C)c1ccc(-c2ccc(N(c3ccc(B4OC(C)(C)C(C)(C)O4)cc3)c3ccc(-c4ccc(C(C)(C)C)cc4)cc3)cc2)cc1.O=Cc1ccc2cc(-c3ccc(Br)cc3)oc2c1. The Morgan fingerprint density at radius 3 is 0.721 bits per heavy atom. The third kappa shape index (κ3) is 19.1. The van der Waals surface area contributed by atoms with Crippen molar-refractivity contribution < 1.29 is 27.7 Å². The molecule has 2 aromatic heterocycles. The topological polar surface area (TPSA) is 85.4 Å². The van der Waals surface area contributed by atoms with E-state index in [1.807, 2.05) is 54.6 Å². The molecule has 0 unspecified atom stereocenters. The van der Waals surface area contributed by atoms with E-state index in [4.69, 9.17) is 18.1 Å². The monoisotopic (exact) mass is 1660 g/mol. The van der Waals surface area contributed by atoms with Gasteiger partial charge in [0.2, 0.25) is 0 Å². The Bertz CT molecular complexity index is 6090. The number of benzene rings is 14. The Kier molecular flexibility index (Phi) is 24.0. The van der Waals surface area contributed by atoms with Crippen LogP contribution < -0.4 is 15.3 Å². The normalized spacial score (nSPS) is 13.2. The third-order valence-corrected chi connectivity index (χ3v) is 24.2. The zero-order chi connectivity index (χ0) is 86.0. The zero-order valence-corrected chi connectivity index (χ0v) is 74.4. The number of aldehydes is 2. The van der Waals surface area contributed by atoms with Crippen LogP contribution in [0.25, 0.3) is 100 Å². The fraction of sp³-hybridized carbons (Fsp3) is 0.196. The first-order valence-corrected chi connectivity index (χ1v) is 42.8. The highest BCUT2D eigenvalue weighted by Gasteiger charge is 2.51. The molecule has 0 radical (unpaired) electrons. The highest BCUT2D eigenvalue weighted by molar-refractivity contribution is 9.10. The van der Waals surface area contributed by atoms with Gasteiger partial charge < -0.3 is 27.9 Å². The first-order chi connectivity index (χ1) is 58.2. The molecule has 3 heterocycles. The van der Waals surface area contributed by atoms with Crippen LogP contribution in [0.2, 0.25) is 0 Å². The Balaban J connectivity index is 0.000000158. The summed E-state index contributed by atoms with van der Waals surface area (Å²) in [6, 6.07) is 120. The predicted molar refractivity (Wildman–Crippen MR) is 515 cm³/mol. The Hall–Kier alpha value is -12.4. The summed E-state index contributed by atoms with van der Waals surface area (Å²) in [4.78, 5) is 26.6. The number of fused-ring (bicyclic) bond motifs is 2. The van der Waals surface area contributed by atoms with Gasteiger partial charge in [0.05, 0.1) is 11.2 Å². The van der Waals surface area contributed by atoms with E-state index in [1.165, 1.54) is 66.8 Å². The summed E-state index contributed by atoms with van der Waals surface area (Å²) in [6.45, 7) is 35.4. The molecule has 17 rings (SSSR count). The second-order valence-corrected chi connectivity index (χ2v) is 37.9. The molecule has 0 saturated carbocycles.